The predicted molar refractivity (Wildman–Crippen MR) is 117 cm³/mol. The maximum absolute atomic E-state index is 12.5. The van der Waals surface area contributed by atoms with Crippen LogP contribution in [0.25, 0.3) is 0 Å². The minimum absolute atomic E-state index is 0.0661. The summed E-state index contributed by atoms with van der Waals surface area (Å²) in [6.45, 7) is 6.35. The van der Waals surface area contributed by atoms with Gasteiger partial charge in [0, 0.05) is 10.6 Å². The molecule has 1 amide bonds. The monoisotopic (exact) mass is 410 g/mol. The van der Waals surface area contributed by atoms with E-state index < -0.39 is 0 Å². The summed E-state index contributed by atoms with van der Waals surface area (Å²) < 4.78 is 2.03. The Morgan fingerprint density at radius 2 is 1.86 bits per heavy atom. The van der Waals surface area contributed by atoms with Crippen LogP contribution in [0.5, 0.6) is 0 Å². The van der Waals surface area contributed by atoms with Gasteiger partial charge in [0.05, 0.1) is 18.0 Å². The van der Waals surface area contributed by atoms with Crippen molar-refractivity contribution in [3.8, 4) is 0 Å². The first kappa shape index (κ1) is 20.2. The van der Waals surface area contributed by atoms with Gasteiger partial charge in [-0.3, -0.25) is 4.79 Å². The topological polar surface area (TPSA) is 59.8 Å². The second kappa shape index (κ2) is 10.1. The molecular formula is C21H22N4OS2. The molecule has 3 rings (SSSR count). The van der Waals surface area contributed by atoms with E-state index in [0.29, 0.717) is 6.54 Å². The van der Waals surface area contributed by atoms with Crippen LogP contribution in [0.15, 0.2) is 77.3 Å². The summed E-state index contributed by atoms with van der Waals surface area (Å²) in [5, 5.41) is 12.1. The number of thioether (sulfide) groups is 2. The number of para-hydroxylation sites is 1. The number of hydrogen-bond acceptors (Lipinski definition) is 5. The zero-order chi connectivity index (χ0) is 19.8. The van der Waals surface area contributed by atoms with Crippen LogP contribution in [0.2, 0.25) is 0 Å². The zero-order valence-corrected chi connectivity index (χ0v) is 17.3. The molecule has 0 unspecified atom stereocenters. The predicted octanol–water partition coefficient (Wildman–Crippen LogP) is 4.64. The molecule has 0 saturated heterocycles. The quantitative estimate of drug-likeness (QED) is 0.411. The van der Waals surface area contributed by atoms with Crippen LogP contribution >= 0.6 is 23.5 Å². The molecule has 144 valence electrons. The van der Waals surface area contributed by atoms with Gasteiger partial charge >= 0.3 is 0 Å². The van der Waals surface area contributed by atoms with Gasteiger partial charge in [0.1, 0.15) is 5.82 Å². The molecule has 0 aliphatic rings. The van der Waals surface area contributed by atoms with Crippen molar-refractivity contribution in [2.24, 2.45) is 0 Å². The lowest BCUT2D eigenvalue weighted by Crippen LogP contribution is -2.15. The average Bonchev–Trinajstić information content (AvgIpc) is 3.06. The maximum atomic E-state index is 12.5. The number of benzene rings is 2. The van der Waals surface area contributed by atoms with Gasteiger partial charge in [-0.2, -0.15) is 0 Å². The molecule has 28 heavy (non-hydrogen) atoms. The number of nitrogens with zero attached hydrogens (tertiary/aromatic N) is 3. The number of rotatable bonds is 9. The van der Waals surface area contributed by atoms with Crippen LogP contribution in [0.4, 0.5) is 5.69 Å². The summed E-state index contributed by atoms with van der Waals surface area (Å²) in [5.74, 6) is 1.83. The number of carbonyl (C=O) groups excluding carboxylic acids is 1. The Kier molecular flexibility index (Phi) is 7.33. The average molecular weight is 411 g/mol. The highest BCUT2D eigenvalue weighted by molar-refractivity contribution is 8.00. The molecule has 3 aromatic rings. The molecule has 0 spiro atoms. The summed E-state index contributed by atoms with van der Waals surface area (Å²) in [5.41, 5.74) is 1.99. The molecular weight excluding hydrogens is 388 g/mol. The molecule has 0 aliphatic carbocycles. The minimum Gasteiger partial charge on any atom is -0.324 e. The van der Waals surface area contributed by atoms with Crippen molar-refractivity contribution in [1.29, 1.82) is 0 Å². The molecule has 0 saturated carbocycles. The second-order valence-corrected chi connectivity index (χ2v) is 8.04. The van der Waals surface area contributed by atoms with Gasteiger partial charge in [-0.1, -0.05) is 60.3 Å². The zero-order valence-electron chi connectivity index (χ0n) is 15.7. The highest BCUT2D eigenvalue weighted by Gasteiger charge is 2.13. The van der Waals surface area contributed by atoms with E-state index in [0.717, 1.165) is 27.3 Å². The summed E-state index contributed by atoms with van der Waals surface area (Å²) in [6.07, 6.45) is 1.85. The Labute approximate surface area is 173 Å². The van der Waals surface area contributed by atoms with Gasteiger partial charge in [0.15, 0.2) is 5.16 Å². The third-order valence-corrected chi connectivity index (χ3v) is 5.97. The summed E-state index contributed by atoms with van der Waals surface area (Å²) in [7, 11) is 0. The van der Waals surface area contributed by atoms with Gasteiger partial charge < -0.3 is 9.88 Å². The van der Waals surface area contributed by atoms with Gasteiger partial charge in [-0.25, -0.2) is 0 Å². The molecule has 2 aromatic carbocycles. The number of aryl methyl sites for hydroxylation is 1. The van der Waals surface area contributed by atoms with Crippen molar-refractivity contribution in [1.82, 2.24) is 14.8 Å². The highest BCUT2D eigenvalue weighted by Crippen LogP contribution is 2.27. The fourth-order valence-electron chi connectivity index (χ4n) is 2.58. The van der Waals surface area contributed by atoms with Crippen LogP contribution in [0, 0.1) is 6.92 Å². The Balaban J connectivity index is 1.62. The molecule has 0 radical (unpaired) electrons. The molecule has 0 fully saturated rings. The smallest absolute Gasteiger partial charge is 0.234 e. The van der Waals surface area contributed by atoms with Gasteiger partial charge in [0.25, 0.3) is 0 Å². The number of hydrogen-bond donors (Lipinski definition) is 1. The number of carbonyl (C=O) groups is 1. The van der Waals surface area contributed by atoms with Crippen molar-refractivity contribution in [2.75, 3.05) is 16.8 Å². The molecule has 7 heteroatoms. The Morgan fingerprint density at radius 1 is 1.11 bits per heavy atom. The van der Waals surface area contributed by atoms with Crippen LogP contribution in [-0.4, -0.2) is 32.2 Å². The third kappa shape index (κ3) is 5.50. The molecule has 5 nitrogen and oxygen atoms in total. The molecule has 0 aliphatic heterocycles. The van der Waals surface area contributed by atoms with E-state index in [1.807, 2.05) is 60.0 Å². The SMILES string of the molecule is C=CCSc1ccccc1NC(=O)CSc1nnc(C)n1Cc1ccccc1. The Bertz CT molecular complexity index is 941. The summed E-state index contributed by atoms with van der Waals surface area (Å²) in [4.78, 5) is 13.5. The Morgan fingerprint density at radius 3 is 2.64 bits per heavy atom. The van der Waals surface area contributed by atoms with Crippen LogP contribution in [0.1, 0.15) is 11.4 Å². The molecule has 1 aromatic heterocycles. The number of amides is 1. The largest absolute Gasteiger partial charge is 0.324 e. The van der Waals surface area contributed by atoms with Crippen LogP contribution in [-0.2, 0) is 11.3 Å². The lowest BCUT2D eigenvalue weighted by Gasteiger charge is -2.11. The van der Waals surface area contributed by atoms with E-state index in [-0.39, 0.29) is 11.7 Å². The normalized spacial score (nSPS) is 10.6. The van der Waals surface area contributed by atoms with E-state index >= 15 is 0 Å². The van der Waals surface area contributed by atoms with Gasteiger partial charge in [0.2, 0.25) is 5.91 Å². The third-order valence-electron chi connectivity index (χ3n) is 3.94. The summed E-state index contributed by atoms with van der Waals surface area (Å²) in [6, 6.07) is 17.9. The lowest BCUT2D eigenvalue weighted by molar-refractivity contribution is -0.113. The molecule has 0 bridgehead atoms. The Hall–Kier alpha value is -2.51. The molecule has 0 atom stereocenters. The second-order valence-electron chi connectivity index (χ2n) is 6.03. The fourth-order valence-corrected chi connectivity index (χ4v) is 4.11. The first-order chi connectivity index (χ1) is 13.7. The van der Waals surface area contributed by atoms with E-state index in [4.69, 9.17) is 0 Å². The van der Waals surface area contributed by atoms with E-state index in [9.17, 15) is 4.79 Å². The summed E-state index contributed by atoms with van der Waals surface area (Å²) >= 11 is 3.04. The minimum atomic E-state index is -0.0661. The highest BCUT2D eigenvalue weighted by atomic mass is 32.2. The molecule has 1 heterocycles. The number of anilines is 1. The maximum Gasteiger partial charge on any atom is 0.234 e. The first-order valence-electron chi connectivity index (χ1n) is 8.86. The van der Waals surface area contributed by atoms with E-state index in [1.165, 1.54) is 17.3 Å². The fraction of sp³-hybridized carbons (Fsp3) is 0.190. The van der Waals surface area contributed by atoms with Crippen molar-refractivity contribution >= 4 is 35.1 Å². The lowest BCUT2D eigenvalue weighted by atomic mass is 10.2. The van der Waals surface area contributed by atoms with Crippen molar-refractivity contribution < 1.29 is 4.79 Å². The van der Waals surface area contributed by atoms with E-state index in [1.54, 1.807) is 11.8 Å². The van der Waals surface area contributed by atoms with Crippen molar-refractivity contribution in [3.63, 3.8) is 0 Å². The van der Waals surface area contributed by atoms with E-state index in [2.05, 4.69) is 34.2 Å². The number of aromatic nitrogens is 3. The molecule has 1 N–H and O–H groups in total. The standard InChI is InChI=1S/C21H22N4OS2/c1-3-13-27-19-12-8-7-11-18(19)22-20(26)15-28-21-24-23-16(2)25(21)14-17-9-5-4-6-10-17/h3-12H,1,13-15H2,2H3,(H,22,26). The van der Waals surface area contributed by atoms with Crippen LogP contribution < -0.4 is 5.32 Å². The van der Waals surface area contributed by atoms with Crippen molar-refractivity contribution in [3.05, 3.63) is 78.6 Å². The number of nitrogens with one attached hydrogen (secondary N) is 1. The van der Waals surface area contributed by atoms with Gasteiger partial charge in [-0.05, 0) is 24.6 Å². The van der Waals surface area contributed by atoms with Crippen LogP contribution in [0.3, 0.4) is 0 Å². The first-order valence-corrected chi connectivity index (χ1v) is 10.8. The van der Waals surface area contributed by atoms with Crippen molar-refractivity contribution in [2.45, 2.75) is 23.5 Å². The van der Waals surface area contributed by atoms with Gasteiger partial charge in [-0.15, -0.1) is 28.5 Å².